The van der Waals surface area contributed by atoms with Crippen molar-refractivity contribution in [3.05, 3.63) is 52.3 Å². The van der Waals surface area contributed by atoms with Crippen LogP contribution in [-0.4, -0.2) is 47.1 Å². The third-order valence-corrected chi connectivity index (χ3v) is 4.24. The van der Waals surface area contributed by atoms with E-state index in [0.29, 0.717) is 18.2 Å². The second-order valence-electron chi connectivity index (χ2n) is 5.96. The van der Waals surface area contributed by atoms with Gasteiger partial charge in [0.2, 0.25) is 5.95 Å². The number of nitro benzene ring substituents is 1. The predicted molar refractivity (Wildman–Crippen MR) is 95.3 cm³/mol. The van der Waals surface area contributed by atoms with Gasteiger partial charge in [-0.05, 0) is 25.0 Å². The van der Waals surface area contributed by atoms with Crippen molar-refractivity contribution in [3.8, 4) is 0 Å². The highest BCUT2D eigenvalue weighted by Crippen LogP contribution is 2.26. The quantitative estimate of drug-likeness (QED) is 0.493. The summed E-state index contributed by atoms with van der Waals surface area (Å²) in [5, 5.41) is 14.3. The molecular formula is C17H19N5O4. The number of nitrogens with zero attached hydrogens (tertiary/aromatic N) is 4. The Balaban J connectivity index is 1.79. The van der Waals surface area contributed by atoms with Crippen LogP contribution in [0, 0.1) is 10.1 Å². The minimum absolute atomic E-state index is 0.0532. The van der Waals surface area contributed by atoms with E-state index >= 15 is 0 Å². The molecule has 0 saturated carbocycles. The minimum Gasteiger partial charge on any atom is -0.465 e. The van der Waals surface area contributed by atoms with Gasteiger partial charge >= 0.3 is 5.97 Å². The summed E-state index contributed by atoms with van der Waals surface area (Å²) >= 11 is 0. The number of hydrogen-bond acceptors (Lipinski definition) is 8. The summed E-state index contributed by atoms with van der Waals surface area (Å²) in [6.07, 6.45) is 5.24. The number of nitrogens with one attached hydrogen (secondary N) is 1. The highest BCUT2D eigenvalue weighted by Gasteiger charge is 2.24. The summed E-state index contributed by atoms with van der Waals surface area (Å²) < 4.78 is 4.76. The first-order valence-corrected chi connectivity index (χ1v) is 8.23. The Kier molecular flexibility index (Phi) is 5.26. The number of benzene rings is 1. The second-order valence-corrected chi connectivity index (χ2v) is 5.96. The molecule has 2 aromatic rings. The first kappa shape index (κ1) is 17.6. The number of nitro groups is 1. The van der Waals surface area contributed by atoms with E-state index in [-0.39, 0.29) is 17.3 Å². The molecule has 1 N–H and O–H groups in total. The Labute approximate surface area is 150 Å². The van der Waals surface area contributed by atoms with Crippen molar-refractivity contribution in [2.75, 3.05) is 30.4 Å². The fourth-order valence-electron chi connectivity index (χ4n) is 3.00. The van der Waals surface area contributed by atoms with E-state index in [1.54, 1.807) is 24.5 Å². The van der Waals surface area contributed by atoms with Gasteiger partial charge in [-0.2, -0.15) is 0 Å². The van der Waals surface area contributed by atoms with E-state index in [2.05, 4.69) is 20.2 Å². The monoisotopic (exact) mass is 357 g/mol. The number of aromatic nitrogens is 2. The number of non-ortho nitro benzene ring substituents is 1. The molecule has 1 aliphatic heterocycles. The number of carbonyl (C=O) groups excluding carboxylic acids is 1. The van der Waals surface area contributed by atoms with Gasteiger partial charge in [0.05, 0.1) is 17.6 Å². The van der Waals surface area contributed by atoms with Crippen LogP contribution >= 0.6 is 0 Å². The Bertz CT molecular complexity index is 799. The molecule has 0 radical (unpaired) electrons. The van der Waals surface area contributed by atoms with Crippen LogP contribution in [0.4, 0.5) is 17.3 Å². The van der Waals surface area contributed by atoms with E-state index in [4.69, 9.17) is 4.74 Å². The molecule has 1 saturated heterocycles. The van der Waals surface area contributed by atoms with Crippen molar-refractivity contribution in [1.29, 1.82) is 0 Å². The fourth-order valence-corrected chi connectivity index (χ4v) is 3.00. The van der Waals surface area contributed by atoms with E-state index < -0.39 is 10.9 Å². The Hall–Kier alpha value is -3.23. The van der Waals surface area contributed by atoms with E-state index in [0.717, 1.165) is 19.4 Å². The van der Waals surface area contributed by atoms with Crippen molar-refractivity contribution in [2.24, 2.45) is 0 Å². The Morgan fingerprint density at radius 2 is 2.15 bits per heavy atom. The third-order valence-electron chi connectivity index (χ3n) is 4.24. The fraction of sp³-hybridized carbons (Fsp3) is 0.353. The highest BCUT2D eigenvalue weighted by atomic mass is 16.6. The zero-order valence-electron chi connectivity index (χ0n) is 14.3. The van der Waals surface area contributed by atoms with Crippen LogP contribution in [0.25, 0.3) is 0 Å². The molecule has 2 heterocycles. The van der Waals surface area contributed by atoms with Gasteiger partial charge in [-0.25, -0.2) is 14.8 Å². The van der Waals surface area contributed by atoms with Crippen molar-refractivity contribution in [1.82, 2.24) is 9.97 Å². The normalized spacial score (nSPS) is 16.8. The molecule has 3 rings (SSSR count). The van der Waals surface area contributed by atoms with Crippen LogP contribution < -0.4 is 10.2 Å². The molecule has 26 heavy (non-hydrogen) atoms. The van der Waals surface area contributed by atoms with Crippen molar-refractivity contribution < 1.29 is 14.5 Å². The summed E-state index contributed by atoms with van der Waals surface area (Å²) in [4.78, 5) is 33.1. The molecule has 9 nitrogen and oxygen atoms in total. The van der Waals surface area contributed by atoms with Gasteiger partial charge in [0.1, 0.15) is 0 Å². The molecule has 1 aromatic heterocycles. The predicted octanol–water partition coefficient (Wildman–Crippen LogP) is 2.25. The van der Waals surface area contributed by atoms with Gasteiger partial charge in [-0.1, -0.05) is 0 Å². The molecule has 1 aliphatic rings. The Morgan fingerprint density at radius 3 is 2.85 bits per heavy atom. The molecule has 0 amide bonds. The average Bonchev–Trinajstić information content (AvgIpc) is 2.68. The first-order chi connectivity index (χ1) is 12.6. The SMILES string of the molecule is COC(=O)c1cc([N+](=O)[O-])ccc1NC1CCCN(c2ncccn2)C1. The lowest BCUT2D eigenvalue weighted by Crippen LogP contribution is -2.43. The maximum absolute atomic E-state index is 12.0. The van der Waals surface area contributed by atoms with Crippen LogP contribution in [-0.2, 0) is 4.74 Å². The summed E-state index contributed by atoms with van der Waals surface area (Å²) in [6.45, 7) is 1.52. The largest absolute Gasteiger partial charge is 0.465 e. The number of carbonyl (C=O) groups is 1. The van der Waals surface area contributed by atoms with Gasteiger partial charge in [-0.15, -0.1) is 0 Å². The van der Waals surface area contributed by atoms with Gasteiger partial charge < -0.3 is 15.0 Å². The second kappa shape index (κ2) is 7.77. The maximum Gasteiger partial charge on any atom is 0.340 e. The lowest BCUT2D eigenvalue weighted by atomic mass is 10.0. The van der Waals surface area contributed by atoms with Crippen LogP contribution in [0.1, 0.15) is 23.2 Å². The van der Waals surface area contributed by atoms with Crippen LogP contribution in [0.5, 0.6) is 0 Å². The molecular weight excluding hydrogens is 338 g/mol. The lowest BCUT2D eigenvalue weighted by molar-refractivity contribution is -0.384. The number of esters is 1. The summed E-state index contributed by atoms with van der Waals surface area (Å²) in [5.74, 6) is 0.0474. The zero-order chi connectivity index (χ0) is 18.5. The average molecular weight is 357 g/mol. The van der Waals surface area contributed by atoms with Crippen LogP contribution in [0.3, 0.4) is 0 Å². The molecule has 1 atom stereocenters. The van der Waals surface area contributed by atoms with Gasteiger partial charge in [-0.3, -0.25) is 10.1 Å². The Morgan fingerprint density at radius 1 is 1.38 bits per heavy atom. The van der Waals surface area contributed by atoms with Gasteiger partial charge in [0.15, 0.2) is 0 Å². The van der Waals surface area contributed by atoms with Crippen molar-refractivity contribution >= 4 is 23.3 Å². The zero-order valence-corrected chi connectivity index (χ0v) is 14.3. The standard InChI is InChI=1S/C17H19N5O4/c1-26-16(23)14-10-13(22(24)25)5-6-15(14)20-12-4-2-9-21(11-12)17-18-7-3-8-19-17/h3,5-8,10,12,20H,2,4,9,11H2,1H3. The van der Waals surface area contributed by atoms with E-state index in [9.17, 15) is 14.9 Å². The summed E-state index contributed by atoms with van der Waals surface area (Å²) in [6, 6.07) is 5.97. The number of rotatable bonds is 5. The van der Waals surface area contributed by atoms with Gasteiger partial charge in [0, 0.05) is 49.3 Å². The van der Waals surface area contributed by atoms with Crippen LogP contribution in [0.15, 0.2) is 36.7 Å². The molecule has 136 valence electrons. The molecule has 0 spiro atoms. The van der Waals surface area contributed by atoms with Crippen molar-refractivity contribution in [3.63, 3.8) is 0 Å². The molecule has 0 bridgehead atoms. The highest BCUT2D eigenvalue weighted by molar-refractivity contribution is 5.96. The number of ether oxygens (including phenoxy) is 1. The van der Waals surface area contributed by atoms with Crippen LogP contribution in [0.2, 0.25) is 0 Å². The van der Waals surface area contributed by atoms with Crippen molar-refractivity contribution in [2.45, 2.75) is 18.9 Å². The minimum atomic E-state index is -0.616. The summed E-state index contributed by atoms with van der Waals surface area (Å²) in [7, 11) is 1.25. The van der Waals surface area contributed by atoms with Gasteiger partial charge in [0.25, 0.3) is 5.69 Å². The first-order valence-electron chi connectivity index (χ1n) is 8.23. The topological polar surface area (TPSA) is 110 Å². The number of anilines is 2. The lowest BCUT2D eigenvalue weighted by Gasteiger charge is -2.33. The van der Waals surface area contributed by atoms with E-state index in [1.165, 1.54) is 19.2 Å². The number of hydrogen-bond donors (Lipinski definition) is 1. The molecule has 1 fully saturated rings. The summed E-state index contributed by atoms with van der Waals surface area (Å²) in [5.41, 5.74) is 0.511. The number of piperidine rings is 1. The smallest absolute Gasteiger partial charge is 0.340 e. The third kappa shape index (κ3) is 3.88. The number of methoxy groups -OCH3 is 1. The van der Waals surface area contributed by atoms with E-state index in [1.807, 2.05) is 0 Å². The molecule has 1 aromatic carbocycles. The molecule has 9 heteroatoms. The molecule has 0 aliphatic carbocycles. The molecule has 1 unspecified atom stereocenters. The maximum atomic E-state index is 12.0.